The molecule has 2 fully saturated rings. The van der Waals surface area contributed by atoms with Crippen LogP contribution in [0.5, 0.6) is 0 Å². The third-order valence-corrected chi connectivity index (χ3v) is 7.50. The van der Waals surface area contributed by atoms with Crippen molar-refractivity contribution in [2.24, 2.45) is 0 Å². The third-order valence-electron chi connectivity index (χ3n) is 6.22. The number of nitrogens with zero attached hydrogens (tertiary/aromatic N) is 6. The van der Waals surface area contributed by atoms with Gasteiger partial charge in [0, 0.05) is 25.7 Å². The minimum Gasteiger partial charge on any atom is -0.394 e. The summed E-state index contributed by atoms with van der Waals surface area (Å²) in [4.78, 5) is 28.0. The number of imidazole rings is 1. The van der Waals surface area contributed by atoms with Gasteiger partial charge in [-0.25, -0.2) is 19.7 Å². The first kappa shape index (κ1) is 25.7. The maximum Gasteiger partial charge on any atom is 0.351 e. The van der Waals surface area contributed by atoms with Gasteiger partial charge in [-0.15, -0.1) is 0 Å². The Kier molecular flexibility index (Phi) is 6.97. The fourth-order valence-electron chi connectivity index (χ4n) is 4.39. The van der Waals surface area contributed by atoms with E-state index < -0.39 is 50.2 Å². The minimum absolute atomic E-state index is 0.0710. The van der Waals surface area contributed by atoms with E-state index in [9.17, 15) is 19.6 Å². The summed E-state index contributed by atoms with van der Waals surface area (Å²) in [5, 5.41) is 20.2. The van der Waals surface area contributed by atoms with Crippen LogP contribution in [0.15, 0.2) is 29.7 Å². The topological polar surface area (TPSA) is 225 Å². The lowest BCUT2D eigenvalue weighted by Gasteiger charge is -2.23. The number of nitrogen functional groups attached to an aromatic ring is 2. The quantitative estimate of drug-likeness (QED) is 0.263. The maximum absolute atomic E-state index is 13.1. The molecule has 6 N–H and O–H groups in total. The van der Waals surface area contributed by atoms with E-state index >= 15 is 0 Å². The second-order valence-corrected chi connectivity index (χ2v) is 10.8. The lowest BCUT2D eigenvalue weighted by atomic mass is 10.2. The number of anilines is 2. The molecule has 0 bridgehead atoms. The Morgan fingerprint density at radius 1 is 1.16 bits per heavy atom. The minimum atomic E-state index is -3.69. The van der Waals surface area contributed by atoms with Gasteiger partial charge in [0.15, 0.2) is 11.5 Å². The molecule has 0 amide bonds. The normalized spacial score (nSPS) is 29.6. The third kappa shape index (κ3) is 5.22. The Hall–Kier alpha value is -2.98. The molecule has 16 nitrogen and oxygen atoms in total. The Balaban J connectivity index is 1.21. The van der Waals surface area contributed by atoms with E-state index in [-0.39, 0.29) is 37.7 Å². The van der Waals surface area contributed by atoms with Crippen LogP contribution in [0, 0.1) is 0 Å². The van der Waals surface area contributed by atoms with Gasteiger partial charge >= 0.3 is 13.3 Å². The van der Waals surface area contributed by atoms with E-state index in [0.717, 1.165) is 0 Å². The number of aliphatic hydroxyl groups is 2. The molecule has 0 aliphatic carbocycles. The van der Waals surface area contributed by atoms with E-state index in [0.29, 0.717) is 11.2 Å². The molecule has 0 aromatic carbocycles. The van der Waals surface area contributed by atoms with Crippen molar-refractivity contribution in [3.05, 3.63) is 35.4 Å². The van der Waals surface area contributed by atoms with Crippen LogP contribution in [-0.2, 0) is 23.1 Å². The highest BCUT2D eigenvalue weighted by Gasteiger charge is 2.42. The van der Waals surface area contributed by atoms with Gasteiger partial charge in [-0.2, -0.15) is 4.98 Å². The summed E-state index contributed by atoms with van der Waals surface area (Å²) in [7, 11) is -3.69. The second-order valence-electron chi connectivity index (χ2n) is 8.82. The summed E-state index contributed by atoms with van der Waals surface area (Å²) in [5.41, 5.74) is 11.6. The zero-order valence-corrected chi connectivity index (χ0v) is 20.6. The van der Waals surface area contributed by atoms with E-state index in [4.69, 9.17) is 30.0 Å². The zero-order chi connectivity index (χ0) is 26.3. The van der Waals surface area contributed by atoms with E-state index in [1.165, 1.54) is 36.1 Å². The molecule has 3 aromatic heterocycles. The van der Waals surface area contributed by atoms with E-state index in [1.54, 1.807) is 4.57 Å². The van der Waals surface area contributed by atoms with Crippen molar-refractivity contribution in [1.29, 1.82) is 0 Å². The lowest BCUT2D eigenvalue weighted by Crippen LogP contribution is -2.29. The Labute approximate surface area is 209 Å². The summed E-state index contributed by atoms with van der Waals surface area (Å²) >= 11 is 0. The second kappa shape index (κ2) is 10.1. The average Bonchev–Trinajstić information content (AvgIpc) is 3.54. The molecule has 2 saturated heterocycles. The Morgan fingerprint density at radius 3 is 2.68 bits per heavy atom. The highest BCUT2D eigenvalue weighted by atomic mass is 31.2. The smallest absolute Gasteiger partial charge is 0.351 e. The van der Waals surface area contributed by atoms with E-state index in [2.05, 4.69) is 19.9 Å². The SMILES string of the molecule is CP(=O)(OC[C@H]1O[C@@H](n2ccc(N)nc2=O)C[C@@H]1O)O[C@H]1C[C@H](n2cnc3c(N)ncnc32)O[C@@H]1CO. The van der Waals surface area contributed by atoms with Gasteiger partial charge in [0.05, 0.1) is 31.7 Å². The maximum atomic E-state index is 13.1. The molecular weight excluding hydrogens is 511 g/mol. The fourth-order valence-corrected chi connectivity index (χ4v) is 5.59. The van der Waals surface area contributed by atoms with Gasteiger partial charge in [0.2, 0.25) is 0 Å². The van der Waals surface area contributed by atoms with Crippen molar-refractivity contribution >= 4 is 30.4 Å². The monoisotopic (exact) mass is 538 g/mol. The first-order valence-corrected chi connectivity index (χ1v) is 13.4. The van der Waals surface area contributed by atoms with Gasteiger partial charge < -0.3 is 40.2 Å². The Bertz CT molecular complexity index is 1380. The van der Waals surface area contributed by atoms with Crippen molar-refractivity contribution in [2.45, 2.75) is 49.7 Å². The molecule has 7 atom stereocenters. The number of rotatable bonds is 8. The van der Waals surface area contributed by atoms with Crippen LogP contribution in [-0.4, -0.2) is 83.6 Å². The number of nitrogens with two attached hydrogens (primary N) is 2. The molecule has 200 valence electrons. The molecule has 2 aliphatic rings. The van der Waals surface area contributed by atoms with Crippen molar-refractivity contribution in [1.82, 2.24) is 29.1 Å². The van der Waals surface area contributed by atoms with Crippen LogP contribution in [0.1, 0.15) is 25.3 Å². The van der Waals surface area contributed by atoms with Gasteiger partial charge in [-0.05, 0) is 6.07 Å². The molecule has 5 heterocycles. The largest absolute Gasteiger partial charge is 0.394 e. The lowest BCUT2D eigenvalue weighted by molar-refractivity contribution is -0.0510. The van der Waals surface area contributed by atoms with Crippen molar-refractivity contribution < 1.29 is 33.3 Å². The number of fused-ring (bicyclic) bond motifs is 1. The molecule has 0 spiro atoms. The molecule has 2 aliphatic heterocycles. The van der Waals surface area contributed by atoms with Crippen molar-refractivity contribution in [2.75, 3.05) is 31.3 Å². The Morgan fingerprint density at radius 2 is 1.92 bits per heavy atom. The molecule has 3 aromatic rings. The standard InChI is InChI=1S/C20H27N8O8P/c1-37(32,33-7-13-10(30)4-15(35-13)27-3-2-14(21)26-20(27)31)36-11-5-16(34-12(11)6-29)28-9-25-17-18(22)23-8-24-19(17)28/h2-3,8-13,15-16,29-30H,4-7H2,1H3,(H2,21,26,31)(H2,22,23,24)/t10-,11-,12+,13+,15+,16+,37?/m0/s1. The number of aliphatic hydroxyl groups excluding tert-OH is 2. The molecular formula is C20H27N8O8P. The van der Waals surface area contributed by atoms with Gasteiger partial charge in [0.25, 0.3) is 0 Å². The number of hydrogen-bond donors (Lipinski definition) is 4. The van der Waals surface area contributed by atoms with Gasteiger partial charge in [-0.3, -0.25) is 13.7 Å². The first-order chi connectivity index (χ1) is 17.6. The van der Waals surface area contributed by atoms with Gasteiger partial charge in [0.1, 0.15) is 42.3 Å². The highest BCUT2D eigenvalue weighted by molar-refractivity contribution is 7.53. The van der Waals surface area contributed by atoms with Crippen LogP contribution in [0.3, 0.4) is 0 Å². The molecule has 17 heteroatoms. The molecule has 5 rings (SSSR count). The first-order valence-electron chi connectivity index (χ1n) is 11.4. The summed E-state index contributed by atoms with van der Waals surface area (Å²) in [6.45, 7) is 0.635. The molecule has 1 unspecified atom stereocenters. The van der Waals surface area contributed by atoms with E-state index in [1.807, 2.05) is 0 Å². The zero-order valence-electron chi connectivity index (χ0n) is 19.7. The van der Waals surface area contributed by atoms with Crippen LogP contribution in [0.4, 0.5) is 11.6 Å². The van der Waals surface area contributed by atoms with Crippen LogP contribution < -0.4 is 17.2 Å². The predicted octanol–water partition coefficient (Wildman–Crippen LogP) is -0.599. The number of aromatic nitrogens is 6. The van der Waals surface area contributed by atoms with Crippen LogP contribution >= 0.6 is 7.60 Å². The molecule has 37 heavy (non-hydrogen) atoms. The number of hydrogen-bond acceptors (Lipinski definition) is 14. The average molecular weight is 538 g/mol. The molecule has 0 saturated carbocycles. The van der Waals surface area contributed by atoms with Crippen molar-refractivity contribution in [3.63, 3.8) is 0 Å². The van der Waals surface area contributed by atoms with Crippen molar-refractivity contribution in [3.8, 4) is 0 Å². The van der Waals surface area contributed by atoms with Crippen LogP contribution in [0.2, 0.25) is 0 Å². The molecule has 0 radical (unpaired) electrons. The summed E-state index contributed by atoms with van der Waals surface area (Å²) in [6.07, 6.45) is -0.263. The summed E-state index contributed by atoms with van der Waals surface area (Å²) in [6, 6.07) is 1.44. The fraction of sp³-hybridized carbons (Fsp3) is 0.550. The predicted molar refractivity (Wildman–Crippen MR) is 127 cm³/mol. The highest BCUT2D eigenvalue weighted by Crippen LogP contribution is 2.49. The number of ether oxygens (including phenoxy) is 2. The van der Waals surface area contributed by atoms with Gasteiger partial charge in [-0.1, -0.05) is 0 Å². The summed E-state index contributed by atoms with van der Waals surface area (Å²) in [5.74, 6) is 0.289. The summed E-state index contributed by atoms with van der Waals surface area (Å²) < 4.78 is 38.9. The van der Waals surface area contributed by atoms with Crippen LogP contribution in [0.25, 0.3) is 11.2 Å².